The SMILES string of the molecule is COc1ccc(Cc2noc(C(C)Sc3ccccn3)n2)cc1. The van der Waals surface area contributed by atoms with Crippen LogP contribution < -0.4 is 4.74 Å². The minimum atomic E-state index is 0.0574. The van der Waals surface area contributed by atoms with E-state index in [1.807, 2.05) is 49.4 Å². The van der Waals surface area contributed by atoms with Gasteiger partial charge in [-0.05, 0) is 36.8 Å². The van der Waals surface area contributed by atoms with Gasteiger partial charge in [-0.1, -0.05) is 35.1 Å². The van der Waals surface area contributed by atoms with Crippen molar-refractivity contribution >= 4 is 11.8 Å². The first-order chi connectivity index (χ1) is 11.2. The van der Waals surface area contributed by atoms with E-state index in [1.54, 1.807) is 25.1 Å². The predicted octanol–water partition coefficient (Wildman–Crippen LogP) is 3.92. The van der Waals surface area contributed by atoms with E-state index in [2.05, 4.69) is 15.1 Å². The predicted molar refractivity (Wildman–Crippen MR) is 88.6 cm³/mol. The normalized spacial score (nSPS) is 12.1. The Labute approximate surface area is 139 Å². The van der Waals surface area contributed by atoms with E-state index in [0.29, 0.717) is 18.1 Å². The van der Waals surface area contributed by atoms with Crippen molar-refractivity contribution in [2.75, 3.05) is 7.11 Å². The Bertz CT molecular complexity index is 744. The first-order valence-corrected chi connectivity index (χ1v) is 8.15. The van der Waals surface area contributed by atoms with Crippen molar-refractivity contribution in [3.05, 3.63) is 65.9 Å². The van der Waals surface area contributed by atoms with Crippen molar-refractivity contribution in [2.24, 2.45) is 0 Å². The molecule has 0 N–H and O–H groups in total. The van der Waals surface area contributed by atoms with Crippen molar-refractivity contribution in [2.45, 2.75) is 23.6 Å². The summed E-state index contributed by atoms with van der Waals surface area (Å²) >= 11 is 1.60. The van der Waals surface area contributed by atoms with E-state index in [9.17, 15) is 0 Å². The minimum absolute atomic E-state index is 0.0574. The summed E-state index contributed by atoms with van der Waals surface area (Å²) < 4.78 is 10.5. The van der Waals surface area contributed by atoms with Crippen LogP contribution in [0.25, 0.3) is 0 Å². The van der Waals surface area contributed by atoms with Crippen LogP contribution in [0.15, 0.2) is 58.2 Å². The van der Waals surface area contributed by atoms with Crippen molar-refractivity contribution in [3.63, 3.8) is 0 Å². The molecule has 2 heterocycles. The second-order valence-electron chi connectivity index (χ2n) is 5.00. The first kappa shape index (κ1) is 15.6. The van der Waals surface area contributed by atoms with Gasteiger partial charge in [0.2, 0.25) is 5.89 Å². The Morgan fingerprint density at radius 1 is 1.17 bits per heavy atom. The zero-order valence-corrected chi connectivity index (χ0v) is 13.8. The van der Waals surface area contributed by atoms with Gasteiger partial charge in [-0.2, -0.15) is 4.98 Å². The fourth-order valence-electron chi connectivity index (χ4n) is 2.08. The van der Waals surface area contributed by atoms with Gasteiger partial charge in [-0.15, -0.1) is 0 Å². The van der Waals surface area contributed by atoms with E-state index in [-0.39, 0.29) is 5.25 Å². The second-order valence-corrected chi connectivity index (χ2v) is 6.36. The smallest absolute Gasteiger partial charge is 0.239 e. The Morgan fingerprint density at radius 3 is 2.70 bits per heavy atom. The van der Waals surface area contributed by atoms with Gasteiger partial charge >= 0.3 is 0 Å². The number of thioether (sulfide) groups is 1. The van der Waals surface area contributed by atoms with Crippen LogP contribution in [0.5, 0.6) is 5.75 Å². The molecule has 0 saturated heterocycles. The third-order valence-electron chi connectivity index (χ3n) is 3.29. The van der Waals surface area contributed by atoms with Gasteiger partial charge in [-0.3, -0.25) is 0 Å². The number of rotatable bonds is 6. The average Bonchev–Trinajstić information content (AvgIpc) is 3.05. The van der Waals surface area contributed by atoms with E-state index in [0.717, 1.165) is 16.3 Å². The fourth-order valence-corrected chi connectivity index (χ4v) is 2.92. The van der Waals surface area contributed by atoms with Crippen molar-refractivity contribution in [1.29, 1.82) is 0 Å². The van der Waals surface area contributed by atoms with Crippen LogP contribution in [0.2, 0.25) is 0 Å². The summed E-state index contributed by atoms with van der Waals surface area (Å²) in [4.78, 5) is 8.78. The molecule has 0 saturated carbocycles. The Balaban J connectivity index is 1.65. The summed E-state index contributed by atoms with van der Waals surface area (Å²) in [5.74, 6) is 2.13. The quantitative estimate of drug-likeness (QED) is 0.640. The van der Waals surface area contributed by atoms with Gasteiger partial charge in [0.25, 0.3) is 0 Å². The molecular weight excluding hydrogens is 310 g/mol. The molecule has 1 unspecified atom stereocenters. The molecule has 1 aromatic carbocycles. The van der Waals surface area contributed by atoms with Crippen LogP contribution in [0.1, 0.15) is 29.5 Å². The summed E-state index contributed by atoms with van der Waals surface area (Å²) in [6.45, 7) is 2.03. The van der Waals surface area contributed by atoms with E-state index in [1.165, 1.54) is 0 Å². The number of benzene rings is 1. The molecule has 0 amide bonds. The first-order valence-electron chi connectivity index (χ1n) is 7.27. The minimum Gasteiger partial charge on any atom is -0.497 e. The molecule has 0 spiro atoms. The molecule has 6 heteroatoms. The highest BCUT2D eigenvalue weighted by molar-refractivity contribution is 7.99. The number of aromatic nitrogens is 3. The van der Waals surface area contributed by atoms with Gasteiger partial charge in [0.1, 0.15) is 5.75 Å². The van der Waals surface area contributed by atoms with Gasteiger partial charge in [0.15, 0.2) is 5.82 Å². The molecule has 3 aromatic rings. The molecule has 5 nitrogen and oxygen atoms in total. The number of nitrogens with zero attached hydrogens (tertiary/aromatic N) is 3. The lowest BCUT2D eigenvalue weighted by Crippen LogP contribution is -1.93. The lowest BCUT2D eigenvalue weighted by Gasteiger charge is -2.04. The molecule has 0 bridgehead atoms. The van der Waals surface area contributed by atoms with E-state index < -0.39 is 0 Å². The summed E-state index contributed by atoms with van der Waals surface area (Å²) in [5.41, 5.74) is 1.11. The standard InChI is InChI=1S/C17H17N3O2S/c1-12(23-16-5-3-4-10-18-16)17-19-15(20-22-17)11-13-6-8-14(21-2)9-7-13/h3-10,12H,11H2,1-2H3. The lowest BCUT2D eigenvalue weighted by atomic mass is 10.1. The summed E-state index contributed by atoms with van der Waals surface area (Å²) in [7, 11) is 1.65. The Kier molecular flexibility index (Phi) is 4.92. The maximum atomic E-state index is 5.38. The highest BCUT2D eigenvalue weighted by Gasteiger charge is 2.16. The third kappa shape index (κ3) is 4.10. The third-order valence-corrected chi connectivity index (χ3v) is 4.33. The molecule has 0 fully saturated rings. The zero-order chi connectivity index (χ0) is 16.1. The summed E-state index contributed by atoms with van der Waals surface area (Å²) in [6, 6.07) is 13.7. The highest BCUT2D eigenvalue weighted by atomic mass is 32.2. The number of hydrogen-bond acceptors (Lipinski definition) is 6. The molecular formula is C17H17N3O2S. The van der Waals surface area contributed by atoms with Crippen molar-refractivity contribution < 1.29 is 9.26 Å². The highest BCUT2D eigenvalue weighted by Crippen LogP contribution is 2.32. The molecule has 0 radical (unpaired) electrons. The summed E-state index contributed by atoms with van der Waals surface area (Å²) in [6.07, 6.45) is 2.41. The Hall–Kier alpha value is -2.34. The van der Waals surface area contributed by atoms with Crippen LogP contribution in [-0.4, -0.2) is 22.2 Å². The monoisotopic (exact) mass is 327 g/mol. The number of ether oxygens (including phenoxy) is 1. The molecule has 0 aliphatic rings. The Morgan fingerprint density at radius 2 is 2.00 bits per heavy atom. The van der Waals surface area contributed by atoms with Gasteiger partial charge < -0.3 is 9.26 Å². The molecule has 118 valence electrons. The van der Waals surface area contributed by atoms with Crippen molar-refractivity contribution in [1.82, 2.24) is 15.1 Å². The maximum Gasteiger partial charge on any atom is 0.239 e. The van der Waals surface area contributed by atoms with E-state index in [4.69, 9.17) is 9.26 Å². The number of pyridine rings is 1. The van der Waals surface area contributed by atoms with E-state index >= 15 is 0 Å². The topological polar surface area (TPSA) is 61.0 Å². The molecule has 0 aliphatic heterocycles. The van der Waals surface area contributed by atoms with Crippen LogP contribution in [-0.2, 0) is 6.42 Å². The lowest BCUT2D eigenvalue weighted by molar-refractivity contribution is 0.375. The van der Waals surface area contributed by atoms with Crippen LogP contribution in [0, 0.1) is 0 Å². The molecule has 3 rings (SSSR count). The molecule has 23 heavy (non-hydrogen) atoms. The van der Waals surface area contributed by atoms with Crippen LogP contribution in [0.3, 0.4) is 0 Å². The van der Waals surface area contributed by atoms with Crippen molar-refractivity contribution in [3.8, 4) is 5.75 Å². The number of methoxy groups -OCH3 is 1. The largest absolute Gasteiger partial charge is 0.497 e. The average molecular weight is 327 g/mol. The van der Waals surface area contributed by atoms with Crippen LogP contribution in [0.4, 0.5) is 0 Å². The molecule has 1 atom stereocenters. The molecule has 0 aliphatic carbocycles. The second kappa shape index (κ2) is 7.28. The zero-order valence-electron chi connectivity index (χ0n) is 13.0. The van der Waals surface area contributed by atoms with Gasteiger partial charge in [0.05, 0.1) is 17.4 Å². The number of hydrogen-bond donors (Lipinski definition) is 0. The fraction of sp³-hybridized carbons (Fsp3) is 0.235. The summed E-state index contributed by atoms with van der Waals surface area (Å²) in [5, 5.41) is 5.06. The van der Waals surface area contributed by atoms with Gasteiger partial charge in [-0.25, -0.2) is 4.98 Å². The van der Waals surface area contributed by atoms with Gasteiger partial charge in [0, 0.05) is 12.6 Å². The maximum absolute atomic E-state index is 5.38. The van der Waals surface area contributed by atoms with Crippen LogP contribution >= 0.6 is 11.8 Å². The molecule has 2 aromatic heterocycles.